The van der Waals surface area contributed by atoms with E-state index < -0.39 is 62.2 Å². The normalized spacial score (nSPS) is 15.9. The minimum absolute atomic E-state index is 0.0881. The molecule has 0 spiro atoms. The molecule has 3 amide bonds. The van der Waals surface area contributed by atoms with Gasteiger partial charge in [-0.25, -0.2) is 18.2 Å². The van der Waals surface area contributed by atoms with Crippen LogP contribution >= 0.6 is 0 Å². The zero-order valence-electron chi connectivity index (χ0n) is 29.8. The number of nitrogens with one attached hydrogen (secondary N) is 2. The quantitative estimate of drug-likeness (QED) is 0.211. The van der Waals surface area contributed by atoms with Crippen LogP contribution in [-0.4, -0.2) is 86.0 Å². The number of halogens is 3. The Morgan fingerprint density at radius 2 is 1.79 bits per heavy atom. The Bertz CT molecular complexity index is 1730. The lowest BCUT2D eigenvalue weighted by atomic mass is 10.0. The van der Waals surface area contributed by atoms with Gasteiger partial charge in [0, 0.05) is 38.3 Å². The number of nitrogens with zero attached hydrogens (tertiary/aromatic N) is 3. The number of alkyl halides is 3. The Balaban J connectivity index is 1.25. The zero-order chi connectivity index (χ0) is 38.3. The van der Waals surface area contributed by atoms with Crippen molar-refractivity contribution < 1.29 is 50.2 Å². The second-order valence-corrected chi connectivity index (χ2v) is 15.7. The highest BCUT2D eigenvalue weighted by atomic mass is 32.2. The molecule has 1 unspecified atom stereocenters. The number of fused-ring (bicyclic) bond motifs is 1. The van der Waals surface area contributed by atoms with Gasteiger partial charge in [0.1, 0.15) is 11.4 Å². The molecular formula is C35H46F3N5O8S. The molecule has 1 aromatic carbocycles. The van der Waals surface area contributed by atoms with Crippen LogP contribution in [-0.2, 0) is 52.9 Å². The van der Waals surface area contributed by atoms with Crippen molar-refractivity contribution in [1.29, 1.82) is 0 Å². The molecule has 3 heterocycles. The highest BCUT2D eigenvalue weighted by Gasteiger charge is 2.42. The number of carbonyl (C=O) groups is 4. The number of anilines is 1. The van der Waals surface area contributed by atoms with Gasteiger partial charge in [0.2, 0.25) is 21.8 Å². The third-order valence-electron chi connectivity index (χ3n) is 8.43. The average Bonchev–Trinajstić information content (AvgIpc) is 3.03. The van der Waals surface area contributed by atoms with Crippen molar-refractivity contribution in [1.82, 2.24) is 19.9 Å². The summed E-state index contributed by atoms with van der Waals surface area (Å²) in [6.07, 6.45) is -1.89. The number of hydrogen-bond donors (Lipinski definition) is 2. The predicted octanol–water partition coefficient (Wildman–Crippen LogP) is 4.38. The van der Waals surface area contributed by atoms with Crippen LogP contribution < -0.4 is 15.5 Å². The van der Waals surface area contributed by atoms with Gasteiger partial charge in [-0.1, -0.05) is 12.1 Å². The van der Waals surface area contributed by atoms with Crippen LogP contribution in [0.3, 0.4) is 0 Å². The van der Waals surface area contributed by atoms with Crippen LogP contribution in [0.25, 0.3) is 0 Å². The van der Waals surface area contributed by atoms with Gasteiger partial charge in [-0.15, -0.1) is 0 Å². The van der Waals surface area contributed by atoms with Crippen molar-refractivity contribution in [2.24, 2.45) is 5.92 Å². The summed E-state index contributed by atoms with van der Waals surface area (Å²) in [6.45, 7) is 7.06. The Morgan fingerprint density at radius 1 is 1.06 bits per heavy atom. The zero-order valence-corrected chi connectivity index (χ0v) is 30.6. The van der Waals surface area contributed by atoms with Crippen molar-refractivity contribution in [3.05, 3.63) is 53.2 Å². The molecule has 0 aliphatic carbocycles. The third kappa shape index (κ3) is 11.1. The first kappa shape index (κ1) is 40.5. The summed E-state index contributed by atoms with van der Waals surface area (Å²) in [5.74, 6) is -1.69. The number of pyridine rings is 1. The second-order valence-electron chi connectivity index (χ2n) is 13.8. The van der Waals surface area contributed by atoms with E-state index in [1.54, 1.807) is 11.8 Å². The first-order valence-corrected chi connectivity index (χ1v) is 18.7. The van der Waals surface area contributed by atoms with Gasteiger partial charge in [-0.3, -0.25) is 19.3 Å². The largest absolute Gasteiger partial charge is 0.466 e. The number of benzene rings is 1. The smallest absolute Gasteiger partial charge is 0.416 e. The number of unbranched alkanes of at least 4 members (excludes halogenated alkanes) is 1. The number of carbonyl (C=O) groups excluding carboxylic acids is 4. The van der Waals surface area contributed by atoms with E-state index in [-0.39, 0.29) is 45.0 Å². The molecule has 2 aromatic rings. The van der Waals surface area contributed by atoms with Gasteiger partial charge in [-0.05, 0) is 89.6 Å². The number of sulfonamides is 1. The first-order valence-electron chi connectivity index (χ1n) is 17.3. The molecule has 0 bridgehead atoms. The van der Waals surface area contributed by atoms with Gasteiger partial charge in [0.05, 0.1) is 35.4 Å². The van der Waals surface area contributed by atoms with Gasteiger partial charge in [0.15, 0.2) is 0 Å². The van der Waals surface area contributed by atoms with Crippen molar-refractivity contribution in [2.45, 2.75) is 95.4 Å². The number of aryl methyl sites for hydroxylation is 2. The monoisotopic (exact) mass is 753 g/mol. The van der Waals surface area contributed by atoms with Crippen molar-refractivity contribution in [2.75, 3.05) is 37.7 Å². The van der Waals surface area contributed by atoms with Gasteiger partial charge in [-0.2, -0.15) is 17.5 Å². The van der Waals surface area contributed by atoms with Gasteiger partial charge >= 0.3 is 18.2 Å². The molecule has 2 aliphatic rings. The molecule has 13 nitrogen and oxygen atoms in total. The van der Waals surface area contributed by atoms with E-state index in [1.165, 1.54) is 0 Å². The summed E-state index contributed by atoms with van der Waals surface area (Å²) in [5.41, 5.74) is 0.0119. The van der Waals surface area contributed by atoms with Crippen LogP contribution in [0.5, 0.6) is 0 Å². The fourth-order valence-corrected chi connectivity index (χ4v) is 7.30. The number of esters is 1. The molecule has 1 aromatic heterocycles. The SMILES string of the molecule is CCOC(=O)CC(CNC(=O)CCCCc1ccc2c(n1)N(C(=O)OC(C)(C)C)CCC2)NC(=O)C1CN(S(=O)(=O)c2cccc(C(F)(F)F)c2)C1. The molecule has 17 heteroatoms. The Hall–Kier alpha value is -4.25. The molecule has 2 N–H and O–H groups in total. The van der Waals surface area contributed by atoms with Crippen molar-refractivity contribution >= 4 is 39.7 Å². The van der Waals surface area contributed by atoms with Crippen LogP contribution in [0.4, 0.5) is 23.8 Å². The second kappa shape index (κ2) is 17.1. The summed E-state index contributed by atoms with van der Waals surface area (Å²) < 4.78 is 76.6. The molecule has 286 valence electrons. The van der Waals surface area contributed by atoms with E-state index in [4.69, 9.17) is 14.5 Å². The summed E-state index contributed by atoms with van der Waals surface area (Å²) >= 11 is 0. The summed E-state index contributed by atoms with van der Waals surface area (Å²) in [4.78, 5) is 56.5. The van der Waals surface area contributed by atoms with Crippen LogP contribution in [0.1, 0.15) is 76.6 Å². The maximum atomic E-state index is 13.1. The molecule has 52 heavy (non-hydrogen) atoms. The highest BCUT2D eigenvalue weighted by Crippen LogP contribution is 2.33. The first-order chi connectivity index (χ1) is 24.4. The molecule has 1 saturated heterocycles. The lowest BCUT2D eigenvalue weighted by molar-refractivity contribution is -0.144. The van der Waals surface area contributed by atoms with E-state index >= 15 is 0 Å². The maximum Gasteiger partial charge on any atom is 0.416 e. The number of rotatable bonds is 14. The Labute approximate surface area is 301 Å². The minimum Gasteiger partial charge on any atom is -0.466 e. The highest BCUT2D eigenvalue weighted by molar-refractivity contribution is 7.89. The summed E-state index contributed by atoms with van der Waals surface area (Å²) in [6, 6.07) is 6.41. The molecule has 1 fully saturated rings. The van der Waals surface area contributed by atoms with E-state index in [0.717, 1.165) is 46.6 Å². The Kier molecular flexibility index (Phi) is 13.3. The van der Waals surface area contributed by atoms with Gasteiger partial charge in [0.25, 0.3) is 0 Å². The molecule has 2 aliphatic heterocycles. The van der Waals surface area contributed by atoms with Crippen LogP contribution in [0.15, 0.2) is 41.3 Å². The standard InChI is InChI=1S/C35H46F3N5O8S/c1-5-50-30(45)19-27(41-32(46)24-21-42(22-24)52(48,49)28-13-8-11-25(18-28)35(36,37)38)20-39-29(44)14-7-6-12-26-16-15-23-10-9-17-43(31(23)40-26)33(47)51-34(2,3)4/h8,11,13,15-16,18,24,27H,5-7,9-10,12,14,17,19-22H2,1-4H3,(H,39,44)(H,41,46). The van der Waals surface area contributed by atoms with Crippen molar-refractivity contribution in [3.8, 4) is 0 Å². The average molecular weight is 754 g/mol. The summed E-state index contributed by atoms with van der Waals surface area (Å²) in [5, 5.41) is 5.40. The fraction of sp³-hybridized carbons (Fsp3) is 0.571. The lowest BCUT2D eigenvalue weighted by Gasteiger charge is -2.37. The van der Waals surface area contributed by atoms with Crippen LogP contribution in [0.2, 0.25) is 0 Å². The number of hydrogen-bond acceptors (Lipinski definition) is 9. The maximum absolute atomic E-state index is 13.1. The van der Waals surface area contributed by atoms with E-state index in [1.807, 2.05) is 32.9 Å². The van der Waals surface area contributed by atoms with E-state index in [0.29, 0.717) is 37.7 Å². The van der Waals surface area contributed by atoms with E-state index in [9.17, 15) is 40.8 Å². The third-order valence-corrected chi connectivity index (χ3v) is 10.3. The van der Waals surface area contributed by atoms with Crippen molar-refractivity contribution in [3.63, 3.8) is 0 Å². The number of amides is 3. The number of aromatic nitrogens is 1. The summed E-state index contributed by atoms with van der Waals surface area (Å²) in [7, 11) is -4.28. The minimum atomic E-state index is -4.72. The molecule has 0 saturated carbocycles. The Morgan fingerprint density at radius 3 is 2.46 bits per heavy atom. The van der Waals surface area contributed by atoms with E-state index in [2.05, 4.69) is 10.6 Å². The predicted molar refractivity (Wildman–Crippen MR) is 184 cm³/mol. The molecular weight excluding hydrogens is 707 g/mol. The lowest BCUT2D eigenvalue weighted by Crippen LogP contribution is -2.57. The van der Waals surface area contributed by atoms with Crippen LogP contribution in [0, 0.1) is 5.92 Å². The van der Waals surface area contributed by atoms with Gasteiger partial charge < -0.3 is 20.1 Å². The molecule has 0 radical (unpaired) electrons. The fourth-order valence-electron chi connectivity index (χ4n) is 5.73. The molecule has 4 rings (SSSR count). The number of ether oxygens (including phenoxy) is 2. The topological polar surface area (TPSA) is 164 Å². The molecule has 1 atom stereocenters.